The van der Waals surface area contributed by atoms with Crippen molar-refractivity contribution >= 4 is 32.7 Å². The number of rotatable bonds is 5. The van der Waals surface area contributed by atoms with E-state index in [-0.39, 0.29) is 27.8 Å². The van der Waals surface area contributed by atoms with Crippen LogP contribution in [-0.2, 0) is 6.18 Å². The summed E-state index contributed by atoms with van der Waals surface area (Å²) in [6.07, 6.45) is -3.19. The van der Waals surface area contributed by atoms with Crippen LogP contribution in [0.1, 0.15) is 15.9 Å². The smallest absolute Gasteiger partial charge is 0.416 e. The number of aromatic nitrogens is 1. The van der Waals surface area contributed by atoms with Crippen molar-refractivity contribution in [1.82, 2.24) is 4.57 Å². The van der Waals surface area contributed by atoms with Crippen LogP contribution in [0.5, 0.6) is 11.5 Å². The number of fused-ring (bicyclic) bond motifs is 1. The number of hydrogen-bond donors (Lipinski definition) is 1. The van der Waals surface area contributed by atoms with Crippen LogP contribution in [0.25, 0.3) is 27.6 Å². The molecule has 0 unspecified atom stereocenters. The maximum absolute atomic E-state index is 13.7. The molecule has 180 valence electrons. The summed E-state index contributed by atoms with van der Waals surface area (Å²) in [5, 5.41) is 10.1. The first kappa shape index (κ1) is 24.3. The Labute approximate surface area is 205 Å². The fourth-order valence-electron chi connectivity index (χ4n) is 3.79. The number of carboxylic acids is 1. The number of nitrogens with zero attached hydrogens (tertiary/aromatic N) is 1. The molecule has 0 spiro atoms. The van der Waals surface area contributed by atoms with Gasteiger partial charge >= 0.3 is 12.1 Å². The maximum atomic E-state index is 13.7. The van der Waals surface area contributed by atoms with Gasteiger partial charge in [-0.05, 0) is 81.7 Å². The third-order valence-corrected chi connectivity index (χ3v) is 6.13. The van der Waals surface area contributed by atoms with E-state index in [1.165, 1.54) is 31.0 Å². The summed E-state index contributed by atoms with van der Waals surface area (Å²) in [6, 6.07) is 11.8. The summed E-state index contributed by atoms with van der Waals surface area (Å²) in [6.45, 7) is 0. The van der Waals surface area contributed by atoms with Crippen molar-refractivity contribution in [2.45, 2.75) is 6.18 Å². The zero-order valence-corrected chi connectivity index (χ0v) is 19.9. The minimum atomic E-state index is -4.72. The Hall–Kier alpha value is -3.79. The summed E-state index contributed by atoms with van der Waals surface area (Å²) in [5.41, 5.74) is -1.77. The van der Waals surface area contributed by atoms with Crippen LogP contribution >= 0.6 is 15.9 Å². The number of aromatic carboxylic acids is 1. The van der Waals surface area contributed by atoms with E-state index >= 15 is 0 Å². The quantitative estimate of drug-likeness (QED) is 0.324. The molecule has 1 heterocycles. The van der Waals surface area contributed by atoms with Gasteiger partial charge in [-0.1, -0.05) is 0 Å². The third kappa shape index (κ3) is 4.49. The topological polar surface area (TPSA) is 77.8 Å². The second kappa shape index (κ2) is 9.10. The molecule has 1 N–H and O–H groups in total. The molecule has 0 saturated carbocycles. The molecule has 35 heavy (non-hydrogen) atoms. The monoisotopic (exact) mass is 547 g/mol. The van der Waals surface area contributed by atoms with Gasteiger partial charge in [0, 0.05) is 21.7 Å². The lowest BCUT2D eigenvalue weighted by Crippen LogP contribution is -2.19. The van der Waals surface area contributed by atoms with Crippen LogP contribution in [0.2, 0.25) is 0 Å². The van der Waals surface area contributed by atoms with Gasteiger partial charge in [-0.3, -0.25) is 9.36 Å². The molecule has 3 aromatic carbocycles. The highest BCUT2D eigenvalue weighted by molar-refractivity contribution is 9.10. The summed E-state index contributed by atoms with van der Waals surface area (Å²) in [4.78, 5) is 25.6. The summed E-state index contributed by atoms with van der Waals surface area (Å²) in [7, 11) is 2.87. The summed E-state index contributed by atoms with van der Waals surface area (Å²) < 4.78 is 52.8. The lowest BCUT2D eigenvalue weighted by molar-refractivity contribution is -0.137. The molecule has 0 fully saturated rings. The normalized spacial score (nSPS) is 11.5. The molecular formula is C25H17BrF3NO5. The minimum absolute atomic E-state index is 0.00332. The standard InChI is InChI=1S/C25H17BrF3NO5/c1-34-15-6-4-14(5-7-15)30-12-21(26)20-11-16(35-2)10-19(22(20)23(30)31)18-9-13(25(27,28)29)3-8-17(18)24(32)33/h3-12H,1-2H3,(H,32,33). The Bertz CT molecular complexity index is 1510. The molecule has 10 heteroatoms. The number of carbonyl (C=O) groups is 1. The van der Waals surface area contributed by atoms with Crippen molar-refractivity contribution in [2.75, 3.05) is 14.2 Å². The van der Waals surface area contributed by atoms with Crippen LogP contribution in [0, 0.1) is 0 Å². The molecule has 0 aliphatic rings. The number of ether oxygens (including phenoxy) is 2. The Balaban J connectivity index is 2.13. The van der Waals surface area contributed by atoms with Crippen molar-refractivity contribution in [2.24, 2.45) is 0 Å². The van der Waals surface area contributed by atoms with E-state index in [1.807, 2.05) is 0 Å². The average molecular weight is 548 g/mol. The molecule has 0 aliphatic carbocycles. The van der Waals surface area contributed by atoms with Crippen molar-refractivity contribution in [1.29, 1.82) is 0 Å². The number of alkyl halides is 3. The van der Waals surface area contributed by atoms with E-state index in [9.17, 15) is 27.9 Å². The van der Waals surface area contributed by atoms with Gasteiger partial charge < -0.3 is 14.6 Å². The predicted molar refractivity (Wildman–Crippen MR) is 128 cm³/mol. The van der Waals surface area contributed by atoms with Gasteiger partial charge in [-0.2, -0.15) is 13.2 Å². The van der Waals surface area contributed by atoms with E-state index in [0.29, 0.717) is 27.4 Å². The Kier molecular flexibility index (Phi) is 6.33. The Morgan fingerprint density at radius 1 is 0.943 bits per heavy atom. The van der Waals surface area contributed by atoms with E-state index in [4.69, 9.17) is 9.47 Å². The molecule has 1 aromatic heterocycles. The van der Waals surface area contributed by atoms with Crippen LogP contribution in [0.15, 0.2) is 70.1 Å². The van der Waals surface area contributed by atoms with E-state index in [1.54, 1.807) is 30.3 Å². The van der Waals surface area contributed by atoms with E-state index in [2.05, 4.69) is 15.9 Å². The summed E-state index contributed by atoms with van der Waals surface area (Å²) in [5.74, 6) is -0.624. The number of methoxy groups -OCH3 is 2. The first-order valence-corrected chi connectivity index (χ1v) is 10.9. The van der Waals surface area contributed by atoms with Crippen LogP contribution < -0.4 is 15.0 Å². The molecule has 0 aliphatic heterocycles. The van der Waals surface area contributed by atoms with Gasteiger partial charge in [-0.25, -0.2) is 4.79 Å². The second-order valence-electron chi connectivity index (χ2n) is 7.51. The molecular weight excluding hydrogens is 531 g/mol. The SMILES string of the molecule is COc1ccc(-n2cc(Br)c3cc(OC)cc(-c4cc(C(F)(F)F)ccc4C(=O)O)c3c2=O)cc1. The first-order valence-electron chi connectivity index (χ1n) is 10.1. The van der Waals surface area contributed by atoms with Crippen LogP contribution in [-0.4, -0.2) is 29.9 Å². The lowest BCUT2D eigenvalue weighted by atomic mass is 9.93. The third-order valence-electron chi connectivity index (χ3n) is 5.50. The van der Waals surface area contributed by atoms with Gasteiger partial charge in [0.05, 0.1) is 30.7 Å². The van der Waals surface area contributed by atoms with Gasteiger partial charge in [0.2, 0.25) is 0 Å². The number of carboxylic acid groups (broad SMARTS) is 1. The number of hydrogen-bond acceptors (Lipinski definition) is 4. The Morgan fingerprint density at radius 3 is 2.17 bits per heavy atom. The fourth-order valence-corrected chi connectivity index (χ4v) is 4.31. The molecule has 0 bridgehead atoms. The highest BCUT2D eigenvalue weighted by Gasteiger charge is 2.32. The van der Waals surface area contributed by atoms with Gasteiger partial charge in [0.15, 0.2) is 0 Å². The average Bonchev–Trinajstić information content (AvgIpc) is 2.84. The maximum Gasteiger partial charge on any atom is 0.416 e. The van der Waals surface area contributed by atoms with Crippen molar-refractivity contribution in [3.63, 3.8) is 0 Å². The number of benzene rings is 3. The first-order chi connectivity index (χ1) is 16.5. The second-order valence-corrected chi connectivity index (χ2v) is 8.37. The minimum Gasteiger partial charge on any atom is -0.497 e. The lowest BCUT2D eigenvalue weighted by Gasteiger charge is -2.17. The van der Waals surface area contributed by atoms with E-state index < -0.39 is 23.3 Å². The largest absolute Gasteiger partial charge is 0.497 e. The predicted octanol–water partition coefficient (Wildman–Crippen LogP) is 6.15. The number of halogens is 4. The van der Waals surface area contributed by atoms with Crippen LogP contribution in [0.4, 0.5) is 13.2 Å². The molecule has 4 rings (SSSR count). The Morgan fingerprint density at radius 2 is 1.60 bits per heavy atom. The van der Waals surface area contributed by atoms with Gasteiger partial charge in [0.1, 0.15) is 11.5 Å². The van der Waals surface area contributed by atoms with Crippen LogP contribution in [0.3, 0.4) is 0 Å². The van der Waals surface area contributed by atoms with Crippen molar-refractivity contribution in [3.8, 4) is 28.3 Å². The van der Waals surface area contributed by atoms with E-state index in [0.717, 1.165) is 12.1 Å². The zero-order valence-electron chi connectivity index (χ0n) is 18.3. The molecule has 0 amide bonds. The van der Waals surface area contributed by atoms with Crippen molar-refractivity contribution < 1.29 is 32.5 Å². The number of pyridine rings is 1. The molecule has 6 nitrogen and oxygen atoms in total. The molecule has 0 saturated heterocycles. The zero-order chi connectivity index (χ0) is 25.5. The molecule has 4 aromatic rings. The van der Waals surface area contributed by atoms with Crippen molar-refractivity contribution in [3.05, 3.63) is 86.7 Å². The van der Waals surface area contributed by atoms with Gasteiger partial charge in [0.25, 0.3) is 5.56 Å². The summed E-state index contributed by atoms with van der Waals surface area (Å²) >= 11 is 3.43. The van der Waals surface area contributed by atoms with Gasteiger partial charge in [-0.15, -0.1) is 0 Å². The molecule has 0 atom stereocenters. The molecule has 0 radical (unpaired) electrons. The highest BCUT2D eigenvalue weighted by atomic mass is 79.9. The fraction of sp³-hybridized carbons (Fsp3) is 0.120. The highest BCUT2D eigenvalue weighted by Crippen LogP contribution is 2.39.